The normalized spacial score (nSPS) is 14.2. The first-order chi connectivity index (χ1) is 25.5. The Kier molecular flexibility index (Phi) is 13.0. The molecule has 1 fully saturated rings. The summed E-state index contributed by atoms with van der Waals surface area (Å²) in [5.74, 6) is 4.30. The summed E-state index contributed by atoms with van der Waals surface area (Å²) in [4.78, 5) is 28.9. The summed E-state index contributed by atoms with van der Waals surface area (Å²) in [5.41, 5.74) is 17.0. The van der Waals surface area contributed by atoms with Crippen LogP contribution in [-0.2, 0) is 6.54 Å². The second-order valence-corrected chi connectivity index (χ2v) is 13.8. The van der Waals surface area contributed by atoms with Crippen LogP contribution < -0.4 is 31.8 Å². The van der Waals surface area contributed by atoms with E-state index in [4.69, 9.17) is 17.1 Å². The van der Waals surface area contributed by atoms with Crippen LogP contribution in [0.3, 0.4) is 0 Å². The molecule has 0 heterocycles. The number of nitrogens with two attached hydrogens (primary N) is 2. The summed E-state index contributed by atoms with van der Waals surface area (Å²) >= 11 is 1.31. The summed E-state index contributed by atoms with van der Waals surface area (Å²) in [5, 5.41) is 11.0. The van der Waals surface area contributed by atoms with Gasteiger partial charge in [-0.05, 0) is 90.9 Å². The number of ether oxygens (including phenoxy) is 1. The van der Waals surface area contributed by atoms with Crippen LogP contribution in [-0.4, -0.2) is 24.3 Å². The number of alkyl halides is 3. The number of rotatable bonds is 11. The monoisotopic (exact) mass is 746 g/mol. The number of hydrogen-bond acceptors (Lipinski definition) is 8. The predicted molar refractivity (Wildman–Crippen MR) is 201 cm³/mol. The van der Waals surface area contributed by atoms with Crippen LogP contribution in [0.2, 0.25) is 0 Å². The number of para-hydroxylation sites is 1. The molecule has 11 nitrogen and oxygen atoms in total. The number of thioether (sulfide) groups is 1. The van der Waals surface area contributed by atoms with Crippen LogP contribution in [0.4, 0.5) is 35.0 Å². The highest BCUT2D eigenvalue weighted by atomic mass is 32.2. The van der Waals surface area contributed by atoms with Gasteiger partial charge in [-0.25, -0.2) is 10.3 Å². The Morgan fingerprint density at radius 3 is 2.32 bits per heavy atom. The lowest BCUT2D eigenvalue weighted by atomic mass is 9.84. The highest BCUT2D eigenvalue weighted by Gasteiger charge is 2.33. The number of anilines is 3. The van der Waals surface area contributed by atoms with Gasteiger partial charge in [0.25, 0.3) is 11.9 Å². The van der Waals surface area contributed by atoms with Crippen molar-refractivity contribution in [3.05, 3.63) is 113 Å². The van der Waals surface area contributed by atoms with E-state index in [1.165, 1.54) is 59.7 Å². The molecule has 0 aromatic heterocycles. The fraction of sp³-hybridized carbons (Fsp3) is 0.289. The van der Waals surface area contributed by atoms with Gasteiger partial charge in [-0.2, -0.15) is 0 Å². The molecule has 0 radical (unpaired) electrons. The minimum Gasteiger partial charge on any atom is -0.405 e. The van der Waals surface area contributed by atoms with Crippen LogP contribution in [0.5, 0.6) is 5.75 Å². The SMILES string of the molecule is CCC(Sc1ccccc1N)c1cc(NC(=O)N(Cc2ccc(C(=O)NC(N=N)=NN)cc2)c2ccc(C3CCCCC3)cc2)ccc1OC(F)(F)F. The van der Waals surface area contributed by atoms with Gasteiger partial charge in [0.2, 0.25) is 0 Å². The van der Waals surface area contributed by atoms with Gasteiger partial charge in [0.1, 0.15) is 5.75 Å². The van der Waals surface area contributed by atoms with E-state index in [1.54, 1.807) is 48.5 Å². The Bertz CT molecular complexity index is 1920. The molecule has 1 unspecified atom stereocenters. The third-order valence-electron chi connectivity index (χ3n) is 8.93. The van der Waals surface area contributed by atoms with E-state index in [-0.39, 0.29) is 35.1 Å². The van der Waals surface area contributed by atoms with Gasteiger partial charge in [0.15, 0.2) is 0 Å². The number of nitrogens with zero attached hydrogens (tertiary/aromatic N) is 3. The Balaban J connectivity index is 1.44. The minimum absolute atomic E-state index is 0.0942. The number of hydrazone groups is 1. The van der Waals surface area contributed by atoms with E-state index < -0.39 is 23.6 Å². The Morgan fingerprint density at radius 2 is 1.70 bits per heavy atom. The van der Waals surface area contributed by atoms with Gasteiger partial charge in [0, 0.05) is 38.3 Å². The summed E-state index contributed by atoms with van der Waals surface area (Å²) in [7, 11) is 0. The molecule has 3 amide bonds. The van der Waals surface area contributed by atoms with E-state index in [2.05, 4.69) is 25.6 Å². The molecule has 7 N–H and O–H groups in total. The molecule has 278 valence electrons. The Labute approximate surface area is 309 Å². The molecule has 4 aromatic rings. The number of carbonyl (C=O) groups excluding carboxylic acids is 2. The molecule has 1 saturated carbocycles. The molecule has 15 heteroatoms. The quantitative estimate of drug-likeness (QED) is 0.0195. The van der Waals surface area contributed by atoms with E-state index in [0.717, 1.165) is 12.8 Å². The van der Waals surface area contributed by atoms with Crippen molar-refractivity contribution in [1.82, 2.24) is 5.32 Å². The summed E-state index contributed by atoms with van der Waals surface area (Å²) < 4.78 is 45.0. The van der Waals surface area contributed by atoms with Crippen LogP contribution in [0.15, 0.2) is 106 Å². The van der Waals surface area contributed by atoms with Gasteiger partial charge in [-0.15, -0.1) is 35.1 Å². The molecule has 5 rings (SSSR count). The van der Waals surface area contributed by atoms with Crippen LogP contribution in [0.25, 0.3) is 0 Å². The Morgan fingerprint density at radius 1 is 1.00 bits per heavy atom. The smallest absolute Gasteiger partial charge is 0.405 e. The molecular weight excluding hydrogens is 706 g/mol. The minimum atomic E-state index is -4.93. The highest BCUT2D eigenvalue weighted by molar-refractivity contribution is 7.99. The van der Waals surface area contributed by atoms with Crippen LogP contribution in [0.1, 0.15) is 83.7 Å². The zero-order chi connectivity index (χ0) is 38.0. The lowest BCUT2D eigenvalue weighted by Crippen LogP contribution is -2.34. The highest BCUT2D eigenvalue weighted by Crippen LogP contribution is 2.45. The number of amides is 3. The van der Waals surface area contributed by atoms with Crippen molar-refractivity contribution in [3.8, 4) is 5.75 Å². The number of nitrogen functional groups attached to an aromatic ring is 1. The van der Waals surface area contributed by atoms with Crippen molar-refractivity contribution in [1.29, 1.82) is 5.53 Å². The van der Waals surface area contributed by atoms with Gasteiger partial charge in [0.05, 0.1) is 6.54 Å². The number of halogens is 3. The molecule has 0 saturated heterocycles. The van der Waals surface area contributed by atoms with Crippen molar-refractivity contribution < 1.29 is 27.5 Å². The van der Waals surface area contributed by atoms with Crippen LogP contribution in [0, 0.1) is 5.53 Å². The molecule has 4 aromatic carbocycles. The first-order valence-electron chi connectivity index (χ1n) is 17.1. The van der Waals surface area contributed by atoms with Crippen LogP contribution >= 0.6 is 11.8 Å². The summed E-state index contributed by atoms with van der Waals surface area (Å²) in [6.45, 7) is 1.94. The number of benzene rings is 4. The average molecular weight is 747 g/mol. The second-order valence-electron chi connectivity index (χ2n) is 12.5. The maximum atomic E-state index is 14.1. The third-order valence-corrected chi connectivity index (χ3v) is 10.4. The zero-order valence-electron chi connectivity index (χ0n) is 29.0. The van der Waals surface area contributed by atoms with Gasteiger partial charge < -0.3 is 21.6 Å². The Hall–Kier alpha value is -5.57. The first-order valence-corrected chi connectivity index (χ1v) is 18.0. The maximum Gasteiger partial charge on any atom is 0.573 e. The van der Waals surface area contributed by atoms with Gasteiger partial charge >= 0.3 is 12.4 Å². The fourth-order valence-electron chi connectivity index (χ4n) is 6.24. The molecule has 0 bridgehead atoms. The van der Waals surface area contributed by atoms with Crippen molar-refractivity contribution in [3.63, 3.8) is 0 Å². The standard InChI is InChI=1S/C38H41F3N8O3S/c1-2-33(53-34-11-7-6-10-31(34)42)30-22-28(18-21-32(30)52-38(39,40)41)45-37(51)49(29-19-16-26(17-20-29)25-8-4-3-5-9-25)23-24-12-14-27(15-13-24)35(50)46-36(47-43)48-44/h6-7,10-22,25,33,43H,2-5,8-9,23,42,44H2,1H3,(H,45,51)(H,46,48,50). The average Bonchev–Trinajstić information content (AvgIpc) is 3.16. The fourth-order valence-corrected chi connectivity index (χ4v) is 7.39. The number of urea groups is 1. The zero-order valence-corrected chi connectivity index (χ0v) is 29.8. The number of hydrogen-bond donors (Lipinski definition) is 5. The van der Waals surface area contributed by atoms with Gasteiger partial charge in [-0.3, -0.25) is 15.0 Å². The van der Waals surface area contributed by atoms with E-state index in [0.29, 0.717) is 34.2 Å². The lowest BCUT2D eigenvalue weighted by Gasteiger charge is -2.26. The predicted octanol–water partition coefficient (Wildman–Crippen LogP) is 9.69. The molecule has 0 aliphatic heterocycles. The van der Waals surface area contributed by atoms with Crippen molar-refractivity contribution in [2.75, 3.05) is 16.0 Å². The molecule has 1 aliphatic carbocycles. The van der Waals surface area contributed by atoms with Gasteiger partial charge in [-0.1, -0.05) is 62.6 Å². The maximum absolute atomic E-state index is 14.1. The van der Waals surface area contributed by atoms with Crippen molar-refractivity contribution >= 4 is 46.7 Å². The molecule has 0 spiro atoms. The topological polar surface area (TPSA) is 171 Å². The van der Waals surface area contributed by atoms with E-state index in [9.17, 15) is 22.8 Å². The number of carbonyl (C=O) groups is 2. The van der Waals surface area contributed by atoms with Crippen molar-refractivity contribution in [2.45, 2.75) is 74.4 Å². The first kappa shape index (κ1) is 38.7. The molecule has 1 atom stereocenters. The summed E-state index contributed by atoms with van der Waals surface area (Å²) in [6.07, 6.45) is 1.33. The third kappa shape index (κ3) is 10.5. The summed E-state index contributed by atoms with van der Waals surface area (Å²) in [6, 6.07) is 25.0. The van der Waals surface area contributed by atoms with Crippen molar-refractivity contribution in [2.24, 2.45) is 16.1 Å². The van der Waals surface area contributed by atoms with E-state index in [1.807, 2.05) is 31.2 Å². The van der Waals surface area contributed by atoms with E-state index >= 15 is 0 Å². The molecular formula is C38H41F3N8O3S. The second kappa shape index (κ2) is 17.8. The number of guanidine groups is 1. The lowest BCUT2D eigenvalue weighted by molar-refractivity contribution is -0.274. The number of nitrogens with one attached hydrogen (secondary N) is 3. The molecule has 53 heavy (non-hydrogen) atoms. The molecule has 1 aliphatic rings. The largest absolute Gasteiger partial charge is 0.573 e.